The summed E-state index contributed by atoms with van der Waals surface area (Å²) in [5, 5.41) is 0. The fraction of sp³-hybridized carbons (Fsp3) is 0.111. The van der Waals surface area contributed by atoms with Gasteiger partial charge in [-0.2, -0.15) is 0 Å². The third kappa shape index (κ3) is 3.97. The third-order valence-corrected chi connectivity index (χ3v) is 4.72. The van der Waals surface area contributed by atoms with E-state index >= 15 is 0 Å². The van der Waals surface area contributed by atoms with Crippen LogP contribution in [0.2, 0.25) is 0 Å². The third-order valence-electron chi connectivity index (χ3n) is 3.45. The van der Waals surface area contributed by atoms with Gasteiger partial charge in [0.15, 0.2) is 0 Å². The first-order chi connectivity index (χ1) is 11.6. The molecule has 0 saturated heterocycles. The fourth-order valence-corrected chi connectivity index (χ4v) is 3.38. The molecule has 122 valence electrons. The molecule has 0 aliphatic heterocycles. The lowest BCUT2D eigenvalue weighted by atomic mass is 10.1. The van der Waals surface area contributed by atoms with Gasteiger partial charge in [0.05, 0.1) is 11.4 Å². The Kier molecular flexibility index (Phi) is 4.86. The van der Waals surface area contributed by atoms with E-state index in [1.165, 1.54) is 6.26 Å². The van der Waals surface area contributed by atoms with Crippen molar-refractivity contribution in [3.63, 3.8) is 0 Å². The van der Waals surface area contributed by atoms with E-state index in [1.807, 2.05) is 30.3 Å². The summed E-state index contributed by atoms with van der Waals surface area (Å²) in [6, 6.07) is 16.4. The highest BCUT2D eigenvalue weighted by Gasteiger charge is 2.10. The highest BCUT2D eigenvalue weighted by atomic mass is 32.2. The van der Waals surface area contributed by atoms with Crippen LogP contribution in [-0.4, -0.2) is 15.1 Å². The van der Waals surface area contributed by atoms with Gasteiger partial charge in [-0.05, 0) is 29.8 Å². The summed E-state index contributed by atoms with van der Waals surface area (Å²) in [5.41, 5.74) is 8.06. The SMILES string of the molecule is NC(=O)c1ccc(C[S@@](=O)Cc2coc(-c3ccccc3)n2)cc1. The monoisotopic (exact) mass is 340 g/mol. The van der Waals surface area contributed by atoms with E-state index in [0.29, 0.717) is 28.7 Å². The number of nitrogens with zero attached hydrogens (tertiary/aromatic N) is 1. The molecule has 1 atom stereocenters. The lowest BCUT2D eigenvalue weighted by Crippen LogP contribution is -2.10. The molecule has 1 heterocycles. The molecule has 1 amide bonds. The first kappa shape index (κ1) is 16.1. The number of aromatic nitrogens is 1. The van der Waals surface area contributed by atoms with Gasteiger partial charge in [-0.15, -0.1) is 0 Å². The minimum Gasteiger partial charge on any atom is -0.444 e. The largest absolute Gasteiger partial charge is 0.444 e. The fourth-order valence-electron chi connectivity index (χ4n) is 2.25. The zero-order chi connectivity index (χ0) is 16.9. The lowest BCUT2D eigenvalue weighted by Gasteiger charge is -2.02. The first-order valence-corrected chi connectivity index (χ1v) is 8.84. The van der Waals surface area contributed by atoms with Crippen LogP contribution >= 0.6 is 0 Å². The molecule has 6 heteroatoms. The molecule has 0 aliphatic rings. The van der Waals surface area contributed by atoms with Crippen molar-refractivity contribution < 1.29 is 13.4 Å². The van der Waals surface area contributed by atoms with Crippen LogP contribution in [0.25, 0.3) is 11.5 Å². The van der Waals surface area contributed by atoms with Crippen LogP contribution < -0.4 is 5.73 Å². The summed E-state index contributed by atoms with van der Waals surface area (Å²) in [5.74, 6) is 0.743. The number of rotatable bonds is 6. The number of oxazole rings is 1. The molecule has 0 saturated carbocycles. The van der Waals surface area contributed by atoms with E-state index in [0.717, 1.165) is 11.1 Å². The quantitative estimate of drug-likeness (QED) is 0.747. The van der Waals surface area contributed by atoms with Crippen molar-refractivity contribution in [3.05, 3.63) is 77.7 Å². The van der Waals surface area contributed by atoms with Crippen molar-refractivity contribution in [2.24, 2.45) is 5.73 Å². The number of nitrogens with two attached hydrogens (primary N) is 1. The maximum absolute atomic E-state index is 12.3. The summed E-state index contributed by atoms with van der Waals surface area (Å²) in [6.45, 7) is 0. The van der Waals surface area contributed by atoms with E-state index in [-0.39, 0.29) is 0 Å². The Morgan fingerprint density at radius 1 is 1.04 bits per heavy atom. The smallest absolute Gasteiger partial charge is 0.248 e. The van der Waals surface area contributed by atoms with Gasteiger partial charge in [0, 0.05) is 27.7 Å². The van der Waals surface area contributed by atoms with Gasteiger partial charge in [0.2, 0.25) is 11.8 Å². The van der Waals surface area contributed by atoms with Gasteiger partial charge in [-0.25, -0.2) is 4.98 Å². The summed E-state index contributed by atoms with van der Waals surface area (Å²) in [4.78, 5) is 15.4. The van der Waals surface area contributed by atoms with Crippen molar-refractivity contribution >= 4 is 16.7 Å². The summed E-state index contributed by atoms with van der Waals surface area (Å²) >= 11 is 0. The van der Waals surface area contributed by atoms with Crippen LogP contribution in [0.5, 0.6) is 0 Å². The van der Waals surface area contributed by atoms with Crippen molar-refractivity contribution in [3.8, 4) is 11.5 Å². The number of benzene rings is 2. The number of amides is 1. The molecular formula is C18H16N2O3S. The Morgan fingerprint density at radius 2 is 1.75 bits per heavy atom. The van der Waals surface area contributed by atoms with Gasteiger partial charge < -0.3 is 10.2 Å². The Balaban J connectivity index is 1.63. The van der Waals surface area contributed by atoms with Crippen LogP contribution in [0.1, 0.15) is 21.6 Å². The van der Waals surface area contributed by atoms with Crippen LogP contribution in [0, 0.1) is 0 Å². The average molecular weight is 340 g/mol. The van der Waals surface area contributed by atoms with Crippen molar-refractivity contribution in [2.45, 2.75) is 11.5 Å². The van der Waals surface area contributed by atoms with Gasteiger partial charge in [0.25, 0.3) is 0 Å². The molecule has 2 N–H and O–H groups in total. The normalized spacial score (nSPS) is 12.0. The molecule has 0 radical (unpaired) electrons. The van der Waals surface area contributed by atoms with Crippen LogP contribution in [0.3, 0.4) is 0 Å². The topological polar surface area (TPSA) is 86.2 Å². The summed E-state index contributed by atoms with van der Waals surface area (Å²) < 4.78 is 17.7. The molecule has 24 heavy (non-hydrogen) atoms. The second-order valence-corrected chi connectivity index (χ2v) is 6.76. The van der Waals surface area contributed by atoms with E-state index in [1.54, 1.807) is 24.3 Å². The minimum absolute atomic E-state index is 0.313. The molecule has 5 nitrogen and oxygen atoms in total. The molecule has 2 aromatic carbocycles. The number of primary amides is 1. The Bertz CT molecular complexity index is 857. The van der Waals surface area contributed by atoms with Crippen molar-refractivity contribution in [2.75, 3.05) is 0 Å². The van der Waals surface area contributed by atoms with Gasteiger partial charge in [0.1, 0.15) is 6.26 Å². The lowest BCUT2D eigenvalue weighted by molar-refractivity contribution is 0.100. The zero-order valence-electron chi connectivity index (χ0n) is 12.8. The number of carbonyl (C=O) groups is 1. The average Bonchev–Trinajstić information content (AvgIpc) is 3.04. The van der Waals surface area contributed by atoms with E-state index in [4.69, 9.17) is 10.2 Å². The van der Waals surface area contributed by atoms with Crippen molar-refractivity contribution in [1.82, 2.24) is 4.98 Å². The Labute approximate surface area is 142 Å². The van der Waals surface area contributed by atoms with E-state index < -0.39 is 16.7 Å². The molecule has 0 unspecified atom stereocenters. The minimum atomic E-state index is -1.12. The Morgan fingerprint density at radius 3 is 2.42 bits per heavy atom. The van der Waals surface area contributed by atoms with Crippen LogP contribution in [0.4, 0.5) is 0 Å². The first-order valence-electron chi connectivity index (χ1n) is 7.35. The molecule has 0 fully saturated rings. The Hall–Kier alpha value is -2.73. The number of hydrogen-bond donors (Lipinski definition) is 1. The second kappa shape index (κ2) is 7.23. The molecule has 0 spiro atoms. The maximum Gasteiger partial charge on any atom is 0.248 e. The highest BCUT2D eigenvalue weighted by molar-refractivity contribution is 7.83. The zero-order valence-corrected chi connectivity index (χ0v) is 13.7. The molecule has 3 rings (SSSR count). The highest BCUT2D eigenvalue weighted by Crippen LogP contribution is 2.19. The molecular weight excluding hydrogens is 324 g/mol. The van der Waals surface area contributed by atoms with Crippen molar-refractivity contribution in [1.29, 1.82) is 0 Å². The van der Waals surface area contributed by atoms with Crippen LogP contribution in [-0.2, 0) is 22.3 Å². The predicted molar refractivity (Wildman–Crippen MR) is 92.4 cm³/mol. The predicted octanol–water partition coefficient (Wildman–Crippen LogP) is 2.89. The van der Waals surface area contributed by atoms with E-state index in [9.17, 15) is 9.00 Å². The molecule has 3 aromatic rings. The van der Waals surface area contributed by atoms with Crippen LogP contribution in [0.15, 0.2) is 65.3 Å². The van der Waals surface area contributed by atoms with E-state index in [2.05, 4.69) is 4.98 Å². The molecule has 1 aromatic heterocycles. The number of hydrogen-bond acceptors (Lipinski definition) is 4. The molecule has 0 aliphatic carbocycles. The standard InChI is InChI=1S/C18H16N2O3S/c19-17(21)14-8-6-13(7-9-14)11-24(22)12-16-10-23-18(20-16)15-4-2-1-3-5-15/h1-10H,11-12H2,(H2,19,21)/t24-/m1/s1. The summed E-state index contributed by atoms with van der Waals surface area (Å²) in [7, 11) is -1.12. The molecule has 0 bridgehead atoms. The maximum atomic E-state index is 12.3. The number of carbonyl (C=O) groups excluding carboxylic acids is 1. The van der Waals surface area contributed by atoms with Gasteiger partial charge >= 0.3 is 0 Å². The van der Waals surface area contributed by atoms with Gasteiger partial charge in [-0.1, -0.05) is 30.3 Å². The van der Waals surface area contributed by atoms with Gasteiger partial charge in [-0.3, -0.25) is 9.00 Å². The second-order valence-electron chi connectivity index (χ2n) is 5.30. The summed E-state index contributed by atoms with van der Waals surface area (Å²) in [6.07, 6.45) is 1.54.